The van der Waals surface area contributed by atoms with E-state index >= 15 is 0 Å². The number of hydrogen-bond donors (Lipinski definition) is 0. The minimum absolute atomic E-state index is 0.0213. The first-order valence-electron chi connectivity index (χ1n) is 10.2. The third kappa shape index (κ3) is 3.02. The minimum atomic E-state index is -0.372. The lowest BCUT2D eigenvalue weighted by Crippen LogP contribution is -2.54. The second kappa shape index (κ2) is 6.71. The highest BCUT2D eigenvalue weighted by Crippen LogP contribution is 2.49. The summed E-state index contributed by atoms with van der Waals surface area (Å²) in [7, 11) is 0. The zero-order valence-corrected chi connectivity index (χ0v) is 18.3. The van der Waals surface area contributed by atoms with Crippen LogP contribution in [0.5, 0.6) is 0 Å². The average molecular weight is 492 g/mol. The molecule has 3 heterocycles. The molecule has 1 aliphatic carbocycles. The Hall–Kier alpha value is -1.64. The van der Waals surface area contributed by atoms with Gasteiger partial charge in [-0.05, 0) is 38.2 Å². The molecule has 28 heavy (non-hydrogen) atoms. The lowest BCUT2D eigenvalue weighted by Gasteiger charge is -2.39. The fourth-order valence-electron chi connectivity index (χ4n) is 4.57. The summed E-state index contributed by atoms with van der Waals surface area (Å²) in [5, 5.41) is 4.66. The molecule has 0 bridgehead atoms. The molecule has 2 aliphatic heterocycles. The molecule has 2 fully saturated rings. The molecule has 0 spiro atoms. The van der Waals surface area contributed by atoms with E-state index in [1.165, 1.54) is 11.1 Å². The van der Waals surface area contributed by atoms with Gasteiger partial charge in [0.15, 0.2) is 0 Å². The Morgan fingerprint density at radius 1 is 1.25 bits per heavy atom. The van der Waals surface area contributed by atoms with Crippen molar-refractivity contribution in [2.75, 3.05) is 13.1 Å². The van der Waals surface area contributed by atoms with E-state index < -0.39 is 0 Å². The van der Waals surface area contributed by atoms with Crippen LogP contribution in [-0.2, 0) is 23.2 Å². The Bertz CT molecular complexity index is 967. The predicted octanol–water partition coefficient (Wildman–Crippen LogP) is 2.61. The molecular weight excluding hydrogens is 467 g/mol. The molecule has 148 valence electrons. The van der Waals surface area contributed by atoms with Gasteiger partial charge in [-0.1, -0.05) is 52.4 Å². The van der Waals surface area contributed by atoms with Gasteiger partial charge in [0.25, 0.3) is 0 Å². The van der Waals surface area contributed by atoms with Gasteiger partial charge in [0, 0.05) is 28.8 Å². The van der Waals surface area contributed by atoms with Crippen LogP contribution in [-0.4, -0.2) is 42.2 Å². The van der Waals surface area contributed by atoms with Crippen LogP contribution in [0.2, 0.25) is 0 Å². The largest absolute Gasteiger partial charge is 0.346 e. The Kier molecular flexibility index (Phi) is 4.41. The molecule has 1 aromatic carbocycles. The number of benzene rings is 1. The van der Waals surface area contributed by atoms with E-state index in [0.29, 0.717) is 10.5 Å². The van der Waals surface area contributed by atoms with Crippen LogP contribution < -0.4 is 5.69 Å². The number of nitrogens with zero attached hydrogens (tertiary/aromatic N) is 4. The Morgan fingerprint density at radius 2 is 1.96 bits per heavy atom. The molecule has 2 aromatic rings. The molecule has 1 saturated heterocycles. The van der Waals surface area contributed by atoms with Gasteiger partial charge in [0.2, 0.25) is 5.91 Å². The molecule has 7 heteroatoms. The van der Waals surface area contributed by atoms with Gasteiger partial charge in [-0.15, -0.1) is 0 Å². The Balaban J connectivity index is 1.43. The van der Waals surface area contributed by atoms with Crippen molar-refractivity contribution in [3.05, 3.63) is 51.7 Å². The highest BCUT2D eigenvalue weighted by Gasteiger charge is 2.46. The van der Waals surface area contributed by atoms with E-state index in [-0.39, 0.29) is 23.1 Å². The van der Waals surface area contributed by atoms with E-state index in [4.69, 9.17) is 0 Å². The molecule has 1 atom stereocenters. The Labute approximate surface area is 178 Å². The summed E-state index contributed by atoms with van der Waals surface area (Å²) in [5.41, 5.74) is 2.44. The van der Waals surface area contributed by atoms with Crippen molar-refractivity contribution in [1.82, 2.24) is 19.2 Å². The van der Waals surface area contributed by atoms with Crippen molar-refractivity contribution in [3.8, 4) is 0 Å². The van der Waals surface area contributed by atoms with Crippen LogP contribution in [0.15, 0.2) is 29.1 Å². The lowest BCUT2D eigenvalue weighted by molar-refractivity contribution is -0.138. The van der Waals surface area contributed by atoms with Crippen LogP contribution in [0.3, 0.4) is 0 Å². The number of hydrogen-bond acceptors (Lipinski definition) is 3. The van der Waals surface area contributed by atoms with Crippen molar-refractivity contribution in [2.45, 2.75) is 61.0 Å². The van der Waals surface area contributed by atoms with Crippen LogP contribution >= 0.6 is 22.6 Å². The number of likely N-dealkylation sites (tertiary alicyclic amines) is 1. The van der Waals surface area contributed by atoms with Gasteiger partial charge in [-0.25, -0.2) is 9.48 Å². The second-order valence-electron chi connectivity index (χ2n) is 8.62. The van der Waals surface area contributed by atoms with Crippen molar-refractivity contribution in [3.63, 3.8) is 0 Å². The van der Waals surface area contributed by atoms with Gasteiger partial charge in [-0.2, -0.15) is 5.10 Å². The number of fused-ring (bicyclic) bond motifs is 1. The zero-order chi connectivity index (χ0) is 19.5. The van der Waals surface area contributed by atoms with E-state index in [2.05, 4.69) is 58.9 Å². The first-order valence-corrected chi connectivity index (χ1v) is 11.4. The third-order valence-electron chi connectivity index (χ3n) is 6.53. The van der Waals surface area contributed by atoms with Crippen LogP contribution in [0.1, 0.15) is 48.7 Å². The maximum Gasteiger partial charge on any atom is 0.346 e. The fourth-order valence-corrected chi connectivity index (χ4v) is 5.52. The monoisotopic (exact) mass is 492 g/mol. The maximum atomic E-state index is 13.2. The number of halogens is 1. The molecule has 6 nitrogen and oxygen atoms in total. The number of rotatable bonds is 4. The highest BCUT2D eigenvalue weighted by atomic mass is 127. The third-order valence-corrected chi connectivity index (χ3v) is 7.32. The maximum absolute atomic E-state index is 13.2. The second-order valence-corrected chi connectivity index (χ2v) is 10.4. The molecule has 1 saturated carbocycles. The molecule has 0 unspecified atom stereocenters. The summed E-state index contributed by atoms with van der Waals surface area (Å²) < 4.78 is 3.86. The predicted molar refractivity (Wildman–Crippen MR) is 115 cm³/mol. The number of carbonyl (C=O) groups excluding carboxylic acids is 1. The quantitative estimate of drug-likeness (QED) is 0.487. The van der Waals surface area contributed by atoms with E-state index in [0.717, 1.165) is 51.0 Å². The SMILES string of the molecule is Cc1ccc(C2(Cn3nc4n(c3=O)[C@H](C(=O)N3CC(I)C3)CCC4)CC2)cc1. The normalized spacial score (nSPS) is 23.2. The summed E-state index contributed by atoms with van der Waals surface area (Å²) in [6, 6.07) is 8.26. The molecule has 0 radical (unpaired) electrons. The molecule has 3 aliphatic rings. The van der Waals surface area contributed by atoms with Crippen molar-refractivity contribution >= 4 is 28.5 Å². The average Bonchev–Trinajstić information content (AvgIpc) is 3.38. The van der Waals surface area contributed by atoms with Gasteiger partial charge in [-0.3, -0.25) is 9.36 Å². The first-order chi connectivity index (χ1) is 13.5. The standard InChI is InChI=1S/C21H25IN4O2/c1-14-5-7-15(8-6-14)21(9-10-21)13-25-20(28)26-17(3-2-4-18(26)23-25)19(27)24-11-16(22)12-24/h5-8,16-17H,2-4,9-13H2,1H3/t17-/m0/s1. The lowest BCUT2D eigenvalue weighted by atomic mass is 9.95. The van der Waals surface area contributed by atoms with Crippen LogP contribution in [0, 0.1) is 6.92 Å². The number of alkyl halides is 1. The summed E-state index contributed by atoms with van der Waals surface area (Å²) >= 11 is 2.37. The van der Waals surface area contributed by atoms with E-state index in [1.807, 2.05) is 4.90 Å². The van der Waals surface area contributed by atoms with Gasteiger partial charge < -0.3 is 4.90 Å². The van der Waals surface area contributed by atoms with Crippen LogP contribution in [0.4, 0.5) is 0 Å². The molecule has 0 N–H and O–H groups in total. The molecule has 1 aromatic heterocycles. The number of aryl methyl sites for hydroxylation is 2. The fraction of sp³-hybridized carbons (Fsp3) is 0.571. The van der Waals surface area contributed by atoms with Gasteiger partial charge >= 0.3 is 5.69 Å². The van der Waals surface area contributed by atoms with Crippen LogP contribution in [0.25, 0.3) is 0 Å². The van der Waals surface area contributed by atoms with E-state index in [1.54, 1.807) is 9.25 Å². The van der Waals surface area contributed by atoms with Gasteiger partial charge in [0.05, 0.1) is 6.54 Å². The summed E-state index contributed by atoms with van der Waals surface area (Å²) in [5.74, 6) is 0.871. The number of carbonyl (C=O) groups is 1. The summed E-state index contributed by atoms with van der Waals surface area (Å²) in [4.78, 5) is 28.0. The van der Waals surface area contributed by atoms with Crippen molar-refractivity contribution < 1.29 is 4.79 Å². The van der Waals surface area contributed by atoms with Crippen molar-refractivity contribution in [2.24, 2.45) is 0 Å². The number of aromatic nitrogens is 3. The summed E-state index contributed by atoms with van der Waals surface area (Å²) in [6.07, 6.45) is 4.59. The topological polar surface area (TPSA) is 60.1 Å². The van der Waals surface area contributed by atoms with Crippen molar-refractivity contribution in [1.29, 1.82) is 0 Å². The number of amides is 1. The highest BCUT2D eigenvalue weighted by molar-refractivity contribution is 14.1. The van der Waals surface area contributed by atoms with Gasteiger partial charge in [0.1, 0.15) is 11.9 Å². The first kappa shape index (κ1) is 18.4. The zero-order valence-electron chi connectivity index (χ0n) is 16.1. The summed E-state index contributed by atoms with van der Waals surface area (Å²) in [6.45, 7) is 4.29. The Morgan fingerprint density at radius 3 is 2.61 bits per heavy atom. The van der Waals surface area contributed by atoms with E-state index in [9.17, 15) is 9.59 Å². The minimum Gasteiger partial charge on any atom is -0.339 e. The molecule has 5 rings (SSSR count). The molecular formula is C21H25IN4O2. The molecule has 1 amide bonds. The smallest absolute Gasteiger partial charge is 0.339 e.